The molecule has 0 saturated carbocycles. The van der Waals surface area contributed by atoms with E-state index in [9.17, 15) is 0 Å². The lowest BCUT2D eigenvalue weighted by molar-refractivity contribution is 0.185. The van der Waals surface area contributed by atoms with E-state index in [-0.39, 0.29) is 6.04 Å². The molecule has 6 nitrogen and oxygen atoms in total. The lowest BCUT2D eigenvalue weighted by atomic mass is 9.97. The zero-order valence-corrected chi connectivity index (χ0v) is 17.8. The summed E-state index contributed by atoms with van der Waals surface area (Å²) in [5.74, 6) is 2.72. The highest BCUT2D eigenvalue weighted by Gasteiger charge is 2.25. The van der Waals surface area contributed by atoms with E-state index in [0.29, 0.717) is 0 Å². The highest BCUT2D eigenvalue weighted by atomic mass is 16.3. The third-order valence-corrected chi connectivity index (χ3v) is 6.02. The van der Waals surface area contributed by atoms with Crippen LogP contribution in [0.15, 0.2) is 27.8 Å². The van der Waals surface area contributed by atoms with Crippen LogP contribution >= 0.6 is 0 Å². The van der Waals surface area contributed by atoms with Gasteiger partial charge in [0, 0.05) is 13.1 Å². The Bertz CT molecular complexity index is 559. The fourth-order valence-corrected chi connectivity index (χ4v) is 4.41. The number of likely N-dealkylation sites (tertiary alicyclic amines) is 2. The minimum atomic E-state index is 0.241. The quantitative estimate of drug-likeness (QED) is 0.502. The molecule has 1 aromatic heterocycles. The van der Waals surface area contributed by atoms with Gasteiger partial charge in [0.2, 0.25) is 0 Å². The predicted octanol–water partition coefficient (Wildman–Crippen LogP) is 3.09. The maximum Gasteiger partial charge on any atom is 0.191 e. The Labute approximate surface area is 170 Å². The SMILES string of the molecule is CCCN1CCC(CNC(=NCC(c2ccco2)N2CCCC2)NCC)CC1. The first-order valence-corrected chi connectivity index (χ1v) is 11.3. The molecular formula is C22H39N5O. The normalized spacial score (nSPS) is 21.1. The largest absolute Gasteiger partial charge is 0.468 e. The van der Waals surface area contributed by atoms with Gasteiger partial charge in [-0.05, 0) is 89.8 Å². The number of nitrogens with zero attached hydrogens (tertiary/aromatic N) is 3. The predicted molar refractivity (Wildman–Crippen MR) is 116 cm³/mol. The van der Waals surface area contributed by atoms with Gasteiger partial charge in [-0.3, -0.25) is 9.89 Å². The van der Waals surface area contributed by atoms with Gasteiger partial charge in [0.25, 0.3) is 0 Å². The molecule has 1 aromatic rings. The summed E-state index contributed by atoms with van der Waals surface area (Å²) in [6.07, 6.45) is 8.15. The number of nitrogens with one attached hydrogen (secondary N) is 2. The van der Waals surface area contributed by atoms with Gasteiger partial charge in [0.05, 0.1) is 18.8 Å². The van der Waals surface area contributed by atoms with Gasteiger partial charge >= 0.3 is 0 Å². The highest BCUT2D eigenvalue weighted by molar-refractivity contribution is 5.79. The Morgan fingerprint density at radius 1 is 1.18 bits per heavy atom. The molecule has 0 aromatic carbocycles. The molecule has 3 rings (SSSR count). The van der Waals surface area contributed by atoms with Crippen LogP contribution in [0.5, 0.6) is 0 Å². The number of hydrogen-bond acceptors (Lipinski definition) is 4. The summed E-state index contributed by atoms with van der Waals surface area (Å²) in [6, 6.07) is 4.31. The molecule has 0 spiro atoms. The smallest absolute Gasteiger partial charge is 0.191 e. The van der Waals surface area contributed by atoms with Crippen LogP contribution in [0, 0.1) is 5.92 Å². The van der Waals surface area contributed by atoms with Gasteiger partial charge in [-0.1, -0.05) is 6.92 Å². The Morgan fingerprint density at radius 2 is 1.96 bits per heavy atom. The number of furan rings is 1. The van der Waals surface area contributed by atoms with Crippen molar-refractivity contribution >= 4 is 5.96 Å². The molecule has 3 heterocycles. The monoisotopic (exact) mass is 389 g/mol. The van der Waals surface area contributed by atoms with E-state index in [1.165, 1.54) is 51.7 Å². The van der Waals surface area contributed by atoms with Crippen molar-refractivity contribution < 1.29 is 4.42 Å². The zero-order chi connectivity index (χ0) is 19.6. The average Bonchev–Trinajstić information content (AvgIpc) is 3.42. The molecule has 1 atom stereocenters. The Balaban J connectivity index is 1.52. The van der Waals surface area contributed by atoms with E-state index in [1.54, 1.807) is 6.26 Å². The number of rotatable bonds is 9. The summed E-state index contributed by atoms with van der Waals surface area (Å²) in [6.45, 7) is 13.0. The zero-order valence-electron chi connectivity index (χ0n) is 17.8. The highest BCUT2D eigenvalue weighted by Crippen LogP contribution is 2.25. The number of guanidine groups is 1. The summed E-state index contributed by atoms with van der Waals surface area (Å²) in [4.78, 5) is 10.0. The molecule has 6 heteroatoms. The molecule has 2 aliphatic heterocycles. The lowest BCUT2D eigenvalue weighted by Gasteiger charge is -2.32. The maximum atomic E-state index is 5.73. The third-order valence-electron chi connectivity index (χ3n) is 6.02. The third kappa shape index (κ3) is 6.24. The summed E-state index contributed by atoms with van der Waals surface area (Å²) in [5.41, 5.74) is 0. The van der Waals surface area contributed by atoms with E-state index < -0.39 is 0 Å². The van der Waals surface area contributed by atoms with Gasteiger partial charge in [-0.2, -0.15) is 0 Å². The topological polar surface area (TPSA) is 56.0 Å². The summed E-state index contributed by atoms with van der Waals surface area (Å²) < 4.78 is 5.73. The average molecular weight is 390 g/mol. The van der Waals surface area contributed by atoms with Crippen LogP contribution in [0.25, 0.3) is 0 Å². The van der Waals surface area contributed by atoms with Crippen LogP contribution in [0.4, 0.5) is 0 Å². The second-order valence-corrected chi connectivity index (χ2v) is 8.16. The van der Waals surface area contributed by atoms with Crippen molar-refractivity contribution in [2.24, 2.45) is 10.9 Å². The molecule has 0 aliphatic carbocycles. The first-order valence-electron chi connectivity index (χ1n) is 11.3. The molecule has 158 valence electrons. The van der Waals surface area contributed by atoms with Crippen molar-refractivity contribution in [2.75, 3.05) is 52.4 Å². The van der Waals surface area contributed by atoms with Crippen LogP contribution in [0.3, 0.4) is 0 Å². The van der Waals surface area contributed by atoms with E-state index in [0.717, 1.165) is 50.4 Å². The van der Waals surface area contributed by atoms with E-state index in [4.69, 9.17) is 9.41 Å². The van der Waals surface area contributed by atoms with Crippen LogP contribution in [-0.4, -0.2) is 68.1 Å². The minimum absolute atomic E-state index is 0.241. The molecule has 2 fully saturated rings. The van der Waals surface area contributed by atoms with Crippen LogP contribution < -0.4 is 10.6 Å². The van der Waals surface area contributed by atoms with Crippen molar-refractivity contribution in [3.05, 3.63) is 24.2 Å². The second kappa shape index (κ2) is 11.5. The number of aliphatic imine (C=N–C) groups is 1. The molecule has 0 amide bonds. The molecular weight excluding hydrogens is 350 g/mol. The standard InChI is InChI=1S/C22H39N5O/c1-3-11-26-14-9-19(10-15-26)17-24-22(23-4-2)25-18-20(21-8-7-16-28-21)27-12-5-6-13-27/h7-8,16,19-20H,3-6,9-15,17-18H2,1-2H3,(H2,23,24,25). The molecule has 0 bridgehead atoms. The lowest BCUT2D eigenvalue weighted by Crippen LogP contribution is -2.43. The number of piperidine rings is 1. The first-order chi connectivity index (χ1) is 13.8. The molecule has 2 N–H and O–H groups in total. The van der Waals surface area contributed by atoms with Gasteiger partial charge in [0.15, 0.2) is 5.96 Å². The maximum absolute atomic E-state index is 5.73. The number of hydrogen-bond donors (Lipinski definition) is 2. The fraction of sp³-hybridized carbons (Fsp3) is 0.773. The van der Waals surface area contributed by atoms with Crippen molar-refractivity contribution in [2.45, 2.75) is 52.0 Å². The fourth-order valence-electron chi connectivity index (χ4n) is 4.41. The van der Waals surface area contributed by atoms with Gasteiger partial charge in [-0.25, -0.2) is 0 Å². The van der Waals surface area contributed by atoms with Crippen molar-refractivity contribution in [1.82, 2.24) is 20.4 Å². The molecule has 2 saturated heterocycles. The van der Waals surface area contributed by atoms with Gasteiger partial charge in [0.1, 0.15) is 5.76 Å². The molecule has 1 unspecified atom stereocenters. The Morgan fingerprint density at radius 3 is 2.61 bits per heavy atom. The molecule has 0 radical (unpaired) electrons. The van der Waals surface area contributed by atoms with E-state index in [1.807, 2.05) is 6.07 Å². The first kappa shape index (κ1) is 21.2. The van der Waals surface area contributed by atoms with Crippen LogP contribution in [0.2, 0.25) is 0 Å². The van der Waals surface area contributed by atoms with E-state index >= 15 is 0 Å². The molecule has 2 aliphatic rings. The Kier molecular flexibility index (Phi) is 8.68. The van der Waals surface area contributed by atoms with Gasteiger partial charge < -0.3 is 20.0 Å². The van der Waals surface area contributed by atoms with Crippen LogP contribution in [-0.2, 0) is 0 Å². The van der Waals surface area contributed by atoms with Crippen LogP contribution in [0.1, 0.15) is 57.8 Å². The van der Waals surface area contributed by atoms with Gasteiger partial charge in [-0.15, -0.1) is 0 Å². The van der Waals surface area contributed by atoms with Crippen molar-refractivity contribution in [1.29, 1.82) is 0 Å². The van der Waals surface area contributed by atoms with Crippen molar-refractivity contribution in [3.63, 3.8) is 0 Å². The Hall–Kier alpha value is -1.53. The summed E-state index contributed by atoms with van der Waals surface area (Å²) >= 11 is 0. The minimum Gasteiger partial charge on any atom is -0.468 e. The summed E-state index contributed by atoms with van der Waals surface area (Å²) in [5, 5.41) is 7.02. The molecule has 28 heavy (non-hydrogen) atoms. The summed E-state index contributed by atoms with van der Waals surface area (Å²) in [7, 11) is 0. The second-order valence-electron chi connectivity index (χ2n) is 8.16. The van der Waals surface area contributed by atoms with Crippen molar-refractivity contribution in [3.8, 4) is 0 Å². The van der Waals surface area contributed by atoms with E-state index in [2.05, 4.69) is 40.3 Å².